The van der Waals surface area contributed by atoms with Crippen molar-refractivity contribution in [2.24, 2.45) is 0 Å². The third kappa shape index (κ3) is 6.56. The van der Waals surface area contributed by atoms with Crippen molar-refractivity contribution in [2.75, 3.05) is 13.9 Å². The molecule has 2 unspecified atom stereocenters. The van der Waals surface area contributed by atoms with Gasteiger partial charge in [-0.1, -0.05) is 87.4 Å². The van der Waals surface area contributed by atoms with Gasteiger partial charge in [0.2, 0.25) is 0 Å². The Labute approximate surface area is 198 Å². The minimum atomic E-state index is -0.0339. The average molecular weight is 458 g/mol. The highest BCUT2D eigenvalue weighted by Gasteiger charge is 2.32. The van der Waals surface area contributed by atoms with Gasteiger partial charge >= 0.3 is 0 Å². The molecule has 0 heterocycles. The van der Waals surface area contributed by atoms with Crippen LogP contribution < -0.4 is 15.4 Å². The lowest BCUT2D eigenvalue weighted by molar-refractivity contribution is 0.0495. The van der Waals surface area contributed by atoms with Gasteiger partial charge in [-0.05, 0) is 53.2 Å². The number of hydrogen-bond acceptors (Lipinski definition) is 3. The van der Waals surface area contributed by atoms with Crippen molar-refractivity contribution in [1.29, 1.82) is 0 Å². The summed E-state index contributed by atoms with van der Waals surface area (Å²) in [6.07, 6.45) is 1.03. The Morgan fingerprint density at radius 3 is 2.28 bits per heavy atom. The summed E-state index contributed by atoms with van der Waals surface area (Å²) in [6.45, 7) is 21.5. The lowest BCUT2D eigenvalue weighted by atomic mass is 9.82. The first-order chi connectivity index (χ1) is 14.9. The lowest BCUT2D eigenvalue weighted by Crippen LogP contribution is -2.28. The molecule has 0 aliphatic heterocycles. The fourth-order valence-corrected chi connectivity index (χ4v) is 5.58. The third-order valence-corrected chi connectivity index (χ3v) is 8.36. The normalized spacial score (nSPS) is 14.3. The number of rotatable bonds is 10. The molecule has 0 aliphatic rings. The van der Waals surface area contributed by atoms with Gasteiger partial charge in [0.1, 0.15) is 5.75 Å². The van der Waals surface area contributed by atoms with E-state index in [1.165, 1.54) is 33.1 Å². The molecule has 2 rings (SSSR count). The fourth-order valence-electron chi connectivity index (χ4n) is 3.92. The van der Waals surface area contributed by atoms with E-state index in [9.17, 15) is 0 Å². The molecule has 3 nitrogen and oxygen atoms in total. The molecule has 2 atom stereocenters. The maximum atomic E-state index is 6.18. The minimum Gasteiger partial charge on any atom is -0.467 e. The summed E-state index contributed by atoms with van der Waals surface area (Å²) >= 11 is 0. The van der Waals surface area contributed by atoms with Crippen LogP contribution in [-0.4, -0.2) is 19.9 Å². The van der Waals surface area contributed by atoms with Crippen molar-refractivity contribution in [3.63, 3.8) is 0 Å². The van der Waals surface area contributed by atoms with Gasteiger partial charge in [0.15, 0.2) is 6.79 Å². The van der Waals surface area contributed by atoms with Crippen LogP contribution in [0.4, 0.5) is 0 Å². The first-order valence-corrected chi connectivity index (χ1v) is 12.8. The maximum absolute atomic E-state index is 6.18. The molecule has 178 valence electrons. The van der Waals surface area contributed by atoms with Crippen LogP contribution in [0.2, 0.25) is 0 Å². The van der Waals surface area contributed by atoms with Gasteiger partial charge in [-0.15, -0.1) is 0 Å². The van der Waals surface area contributed by atoms with Gasteiger partial charge in [-0.2, -0.15) is 0 Å². The molecular weight excluding hydrogens is 413 g/mol. The Hall–Kier alpha value is -1.41. The van der Waals surface area contributed by atoms with E-state index in [0.717, 1.165) is 18.7 Å². The fraction of sp³-hybridized carbons (Fsp3) is 0.571. The summed E-state index contributed by atoms with van der Waals surface area (Å²) < 4.78 is 11.5. The summed E-state index contributed by atoms with van der Waals surface area (Å²) in [5.41, 5.74) is 6.68. The molecule has 0 fully saturated rings. The molecule has 4 heteroatoms. The summed E-state index contributed by atoms with van der Waals surface area (Å²) in [4.78, 5) is 0. The predicted octanol–water partition coefficient (Wildman–Crippen LogP) is 6.71. The molecular formula is C28H44NO2P. The molecule has 0 aliphatic carbocycles. The molecule has 1 N–H and O–H groups in total. The first kappa shape index (κ1) is 26.8. The molecule has 2 aromatic carbocycles. The van der Waals surface area contributed by atoms with Crippen LogP contribution >= 0.6 is 8.58 Å². The van der Waals surface area contributed by atoms with E-state index in [0.29, 0.717) is 14.6 Å². The monoisotopic (exact) mass is 457 g/mol. The van der Waals surface area contributed by atoms with E-state index in [2.05, 4.69) is 98.0 Å². The second-order valence-electron chi connectivity index (χ2n) is 10.4. The van der Waals surface area contributed by atoms with Gasteiger partial charge in [-0.3, -0.25) is 0 Å². The Morgan fingerprint density at radius 1 is 1.03 bits per heavy atom. The summed E-state index contributed by atoms with van der Waals surface area (Å²) in [5, 5.41) is 5.05. The number of ether oxygens (including phenoxy) is 2. The van der Waals surface area contributed by atoms with E-state index in [4.69, 9.17) is 9.47 Å². The molecule has 0 bridgehead atoms. The van der Waals surface area contributed by atoms with Crippen molar-refractivity contribution in [2.45, 2.75) is 91.9 Å². The standard InChI is InChI=1S/C28H44NO2P/c1-11-28(9,32-26-20(4)13-12-14-22(26)17-29-19(2)3)24-16-23(27(6,7)8)15-21(5)25(24)31-18-30-10/h12-16,19,29,32H,11,17-18H2,1-10H3. The predicted molar refractivity (Wildman–Crippen MR) is 141 cm³/mol. The molecule has 0 saturated heterocycles. The second-order valence-corrected chi connectivity index (χ2v) is 12.3. The van der Waals surface area contributed by atoms with E-state index >= 15 is 0 Å². The van der Waals surface area contributed by atoms with Crippen molar-refractivity contribution in [3.8, 4) is 5.75 Å². The second kappa shape index (κ2) is 11.1. The average Bonchev–Trinajstić information content (AvgIpc) is 2.71. The lowest BCUT2D eigenvalue weighted by Gasteiger charge is -2.35. The Morgan fingerprint density at radius 2 is 1.72 bits per heavy atom. The molecule has 0 saturated carbocycles. The third-order valence-electron chi connectivity index (χ3n) is 6.22. The van der Waals surface area contributed by atoms with E-state index in [1.54, 1.807) is 7.11 Å². The number of methoxy groups -OCH3 is 1. The number of hydrogen-bond donors (Lipinski definition) is 1. The van der Waals surface area contributed by atoms with Gasteiger partial charge < -0.3 is 14.8 Å². The maximum Gasteiger partial charge on any atom is 0.188 e. The quantitative estimate of drug-likeness (QED) is 0.318. The highest BCUT2D eigenvalue weighted by Crippen LogP contribution is 2.50. The van der Waals surface area contributed by atoms with Gasteiger partial charge in [0.25, 0.3) is 0 Å². The summed E-state index contributed by atoms with van der Waals surface area (Å²) in [5.74, 6) is 0.979. The van der Waals surface area contributed by atoms with Crippen LogP contribution in [-0.2, 0) is 21.9 Å². The zero-order valence-corrected chi connectivity index (χ0v) is 22.9. The van der Waals surface area contributed by atoms with Gasteiger partial charge in [0, 0.05) is 30.4 Å². The Bertz CT molecular complexity index is 901. The summed E-state index contributed by atoms with van der Waals surface area (Å²) in [6, 6.07) is 11.8. The largest absolute Gasteiger partial charge is 0.467 e. The van der Waals surface area contributed by atoms with Crippen molar-refractivity contribution >= 4 is 13.9 Å². The SMILES string of the molecule is CCC(C)(Pc1c(C)cccc1CNC(C)C)c1cc(C(C)(C)C)cc(C)c1OCOC. The highest BCUT2D eigenvalue weighted by atomic mass is 31.1. The van der Waals surface area contributed by atoms with Crippen LogP contribution in [0.1, 0.15) is 82.7 Å². The number of aryl methyl sites for hydroxylation is 2. The van der Waals surface area contributed by atoms with Crippen LogP contribution in [0.25, 0.3) is 0 Å². The smallest absolute Gasteiger partial charge is 0.188 e. The molecule has 32 heavy (non-hydrogen) atoms. The molecule has 0 amide bonds. The van der Waals surface area contributed by atoms with Gasteiger partial charge in [-0.25, -0.2) is 0 Å². The van der Waals surface area contributed by atoms with Crippen LogP contribution in [0.3, 0.4) is 0 Å². The molecule has 0 spiro atoms. The van der Waals surface area contributed by atoms with Crippen molar-refractivity contribution in [1.82, 2.24) is 5.32 Å². The van der Waals surface area contributed by atoms with Crippen molar-refractivity contribution in [3.05, 3.63) is 58.1 Å². The summed E-state index contributed by atoms with van der Waals surface area (Å²) in [7, 11) is 2.33. The Kier molecular flexibility index (Phi) is 9.35. The van der Waals surface area contributed by atoms with E-state index in [-0.39, 0.29) is 17.4 Å². The minimum absolute atomic E-state index is 0.0339. The highest BCUT2D eigenvalue weighted by molar-refractivity contribution is 7.48. The van der Waals surface area contributed by atoms with Crippen LogP contribution in [0, 0.1) is 13.8 Å². The van der Waals surface area contributed by atoms with Crippen LogP contribution in [0.15, 0.2) is 30.3 Å². The molecule has 2 aromatic rings. The van der Waals surface area contributed by atoms with Gasteiger partial charge in [0.05, 0.1) is 0 Å². The molecule has 0 aromatic heterocycles. The molecule has 0 radical (unpaired) electrons. The van der Waals surface area contributed by atoms with E-state index in [1.807, 2.05) is 0 Å². The van der Waals surface area contributed by atoms with E-state index < -0.39 is 0 Å². The zero-order chi connectivity index (χ0) is 24.1. The zero-order valence-electron chi connectivity index (χ0n) is 21.9. The van der Waals surface area contributed by atoms with Crippen molar-refractivity contribution < 1.29 is 9.47 Å². The van der Waals surface area contributed by atoms with Crippen LogP contribution in [0.5, 0.6) is 5.75 Å². The first-order valence-electron chi connectivity index (χ1n) is 11.8. The Balaban J connectivity index is 2.62. The number of nitrogens with one attached hydrogen (secondary N) is 1. The number of benzene rings is 2. The topological polar surface area (TPSA) is 30.5 Å².